The van der Waals surface area contributed by atoms with Crippen molar-refractivity contribution in [3.05, 3.63) is 28.5 Å². The molecule has 0 radical (unpaired) electrons. The number of hydrogen-bond acceptors (Lipinski definition) is 1. The minimum Gasteiger partial charge on any atom is -0.243 e. The largest absolute Gasteiger partial charge is 0.419 e. The second kappa shape index (κ2) is 3.55. The lowest BCUT2D eigenvalue weighted by Gasteiger charge is -2.11. The number of halogens is 7. The average molecular weight is 250 g/mol. The topological polar surface area (TPSA) is 12.9 Å². The van der Waals surface area contributed by atoms with Crippen molar-refractivity contribution in [2.45, 2.75) is 12.4 Å². The van der Waals surface area contributed by atoms with E-state index in [0.29, 0.717) is 0 Å². The first-order chi connectivity index (χ1) is 6.62. The summed E-state index contributed by atoms with van der Waals surface area (Å²) in [4.78, 5) is 2.84. The average Bonchev–Trinajstić information content (AvgIpc) is 2.00. The van der Waals surface area contributed by atoms with E-state index in [9.17, 15) is 26.3 Å². The standard InChI is InChI=1S/C7H2ClF6N/c8-5-4(7(12,13)14)1-3(2-15-5)6(9,10)11/h1-2H. The van der Waals surface area contributed by atoms with Gasteiger partial charge in [0.2, 0.25) is 0 Å². The van der Waals surface area contributed by atoms with Crippen molar-refractivity contribution in [3.8, 4) is 0 Å². The molecule has 0 N–H and O–H groups in total. The number of alkyl halides is 6. The molecule has 8 heteroatoms. The fourth-order valence-corrected chi connectivity index (χ4v) is 1.01. The van der Waals surface area contributed by atoms with Gasteiger partial charge in [-0.3, -0.25) is 0 Å². The van der Waals surface area contributed by atoms with Crippen LogP contribution in [0.15, 0.2) is 12.3 Å². The summed E-state index contributed by atoms with van der Waals surface area (Å²) in [5, 5.41) is -1.00. The Bertz CT molecular complexity index is 369. The van der Waals surface area contributed by atoms with Crippen LogP contribution >= 0.6 is 11.6 Å². The van der Waals surface area contributed by atoms with Crippen LogP contribution in [0.1, 0.15) is 11.1 Å². The molecule has 0 atom stereocenters. The minimum atomic E-state index is -4.95. The number of aromatic nitrogens is 1. The van der Waals surface area contributed by atoms with Crippen LogP contribution in [0.5, 0.6) is 0 Å². The summed E-state index contributed by atoms with van der Waals surface area (Å²) in [6.07, 6.45) is -9.58. The van der Waals surface area contributed by atoms with Crippen molar-refractivity contribution >= 4 is 11.6 Å². The van der Waals surface area contributed by atoms with Gasteiger partial charge in [-0.15, -0.1) is 0 Å². The molecule has 1 rings (SSSR count). The zero-order chi connectivity index (χ0) is 11.9. The molecule has 1 aromatic rings. The van der Waals surface area contributed by atoms with Crippen molar-refractivity contribution in [1.82, 2.24) is 4.98 Å². The maximum Gasteiger partial charge on any atom is 0.419 e. The lowest BCUT2D eigenvalue weighted by atomic mass is 10.2. The van der Waals surface area contributed by atoms with E-state index in [1.54, 1.807) is 0 Å². The van der Waals surface area contributed by atoms with E-state index < -0.39 is 28.6 Å². The van der Waals surface area contributed by atoms with Gasteiger partial charge in [0.05, 0.1) is 11.1 Å². The molecule has 0 unspecified atom stereocenters. The molecule has 84 valence electrons. The summed E-state index contributed by atoms with van der Waals surface area (Å²) in [6, 6.07) is -0.0741. The Hall–Kier alpha value is -0.980. The molecule has 0 aliphatic heterocycles. The summed E-state index contributed by atoms with van der Waals surface area (Å²) >= 11 is 5.03. The SMILES string of the molecule is FC(F)(F)c1cnc(Cl)c(C(F)(F)F)c1. The van der Waals surface area contributed by atoms with Gasteiger partial charge in [0.15, 0.2) is 0 Å². The molecule has 1 heterocycles. The van der Waals surface area contributed by atoms with Crippen LogP contribution in [0, 0.1) is 0 Å². The zero-order valence-electron chi connectivity index (χ0n) is 6.75. The first-order valence-corrected chi connectivity index (χ1v) is 3.80. The molecule has 0 spiro atoms. The van der Waals surface area contributed by atoms with Crippen LogP contribution < -0.4 is 0 Å². The highest BCUT2D eigenvalue weighted by Crippen LogP contribution is 2.37. The van der Waals surface area contributed by atoms with E-state index in [1.165, 1.54) is 0 Å². The fourth-order valence-electron chi connectivity index (χ4n) is 0.802. The molecule has 0 saturated carbocycles. The highest BCUT2D eigenvalue weighted by Gasteiger charge is 2.38. The predicted octanol–water partition coefficient (Wildman–Crippen LogP) is 3.77. The number of rotatable bonds is 0. The van der Waals surface area contributed by atoms with Gasteiger partial charge in [-0.2, -0.15) is 26.3 Å². The monoisotopic (exact) mass is 249 g/mol. The summed E-state index contributed by atoms with van der Waals surface area (Å²) < 4.78 is 72.5. The molecule has 1 aromatic heterocycles. The van der Waals surface area contributed by atoms with Gasteiger partial charge >= 0.3 is 12.4 Å². The fraction of sp³-hybridized carbons (Fsp3) is 0.286. The van der Waals surface area contributed by atoms with E-state index in [2.05, 4.69) is 4.98 Å². The Labute approximate surface area is 84.7 Å². The third-order valence-electron chi connectivity index (χ3n) is 1.47. The highest BCUT2D eigenvalue weighted by molar-refractivity contribution is 6.30. The second-order valence-electron chi connectivity index (χ2n) is 2.56. The van der Waals surface area contributed by atoms with E-state index in [-0.39, 0.29) is 12.3 Å². The van der Waals surface area contributed by atoms with Crippen LogP contribution in [0.4, 0.5) is 26.3 Å². The summed E-state index contributed by atoms with van der Waals surface area (Å²) in [6.45, 7) is 0. The van der Waals surface area contributed by atoms with E-state index in [1.807, 2.05) is 0 Å². The number of pyridine rings is 1. The van der Waals surface area contributed by atoms with Crippen LogP contribution in [0.2, 0.25) is 5.15 Å². The smallest absolute Gasteiger partial charge is 0.243 e. The van der Waals surface area contributed by atoms with Crippen LogP contribution in [0.25, 0.3) is 0 Å². The Morgan fingerprint density at radius 2 is 1.53 bits per heavy atom. The van der Waals surface area contributed by atoms with Crippen molar-refractivity contribution in [2.75, 3.05) is 0 Å². The molecule has 0 saturated heterocycles. The Morgan fingerprint density at radius 3 is 1.93 bits per heavy atom. The summed E-state index contributed by atoms with van der Waals surface area (Å²) in [5.74, 6) is 0. The Morgan fingerprint density at radius 1 is 1.00 bits per heavy atom. The van der Waals surface area contributed by atoms with E-state index in [0.717, 1.165) is 0 Å². The van der Waals surface area contributed by atoms with Crippen molar-refractivity contribution < 1.29 is 26.3 Å². The summed E-state index contributed by atoms with van der Waals surface area (Å²) in [5.41, 5.74) is -3.08. The van der Waals surface area contributed by atoms with Gasteiger partial charge in [0.25, 0.3) is 0 Å². The maximum absolute atomic E-state index is 12.1. The molecule has 0 aliphatic carbocycles. The number of nitrogens with zero attached hydrogens (tertiary/aromatic N) is 1. The van der Waals surface area contributed by atoms with E-state index in [4.69, 9.17) is 11.6 Å². The third kappa shape index (κ3) is 2.74. The third-order valence-corrected chi connectivity index (χ3v) is 1.77. The molecule has 0 amide bonds. The highest BCUT2D eigenvalue weighted by atomic mass is 35.5. The molecule has 0 aliphatic rings. The number of hydrogen-bond donors (Lipinski definition) is 0. The van der Waals surface area contributed by atoms with Crippen LogP contribution in [-0.2, 0) is 12.4 Å². The normalized spacial score (nSPS) is 13.0. The van der Waals surface area contributed by atoms with Gasteiger partial charge in [-0.05, 0) is 6.07 Å². The molecule has 15 heavy (non-hydrogen) atoms. The van der Waals surface area contributed by atoms with E-state index >= 15 is 0 Å². The lowest BCUT2D eigenvalue weighted by molar-refractivity contribution is -0.143. The molecule has 0 fully saturated rings. The molecule has 0 aromatic carbocycles. The Balaban J connectivity index is 3.30. The van der Waals surface area contributed by atoms with Crippen LogP contribution in [-0.4, -0.2) is 4.98 Å². The quantitative estimate of drug-likeness (QED) is 0.504. The van der Waals surface area contributed by atoms with Crippen molar-refractivity contribution in [1.29, 1.82) is 0 Å². The lowest BCUT2D eigenvalue weighted by Crippen LogP contribution is -2.12. The Kier molecular flexibility index (Phi) is 2.86. The molecular weight excluding hydrogens is 248 g/mol. The van der Waals surface area contributed by atoms with Gasteiger partial charge in [0, 0.05) is 6.20 Å². The van der Waals surface area contributed by atoms with Gasteiger partial charge in [-0.25, -0.2) is 4.98 Å². The molecular formula is C7H2ClF6N. The molecule has 1 nitrogen and oxygen atoms in total. The van der Waals surface area contributed by atoms with Crippen molar-refractivity contribution in [3.63, 3.8) is 0 Å². The van der Waals surface area contributed by atoms with Gasteiger partial charge in [-0.1, -0.05) is 11.6 Å². The first-order valence-electron chi connectivity index (χ1n) is 3.42. The second-order valence-corrected chi connectivity index (χ2v) is 2.92. The van der Waals surface area contributed by atoms with Gasteiger partial charge < -0.3 is 0 Å². The van der Waals surface area contributed by atoms with Crippen molar-refractivity contribution in [2.24, 2.45) is 0 Å². The van der Waals surface area contributed by atoms with Gasteiger partial charge in [0.1, 0.15) is 5.15 Å². The predicted molar refractivity (Wildman–Crippen MR) is 39.3 cm³/mol. The summed E-state index contributed by atoms with van der Waals surface area (Å²) in [7, 11) is 0. The van der Waals surface area contributed by atoms with Crippen LogP contribution in [0.3, 0.4) is 0 Å². The zero-order valence-corrected chi connectivity index (χ0v) is 7.50. The maximum atomic E-state index is 12.1. The first kappa shape index (κ1) is 12.1. The molecule has 0 bridgehead atoms. The minimum absolute atomic E-state index is 0.0741.